The fraction of sp³-hybridized carbons (Fsp3) is 0.0769. The molecule has 0 saturated heterocycles. The van der Waals surface area contributed by atoms with Crippen LogP contribution in [0.1, 0.15) is 33.7 Å². The van der Waals surface area contributed by atoms with E-state index in [0.717, 1.165) is 42.7 Å². The van der Waals surface area contributed by atoms with Crippen molar-refractivity contribution in [3.8, 4) is 21.6 Å². The molecule has 0 spiro atoms. The minimum Gasteiger partial charge on any atom is -0.310 e. The van der Waals surface area contributed by atoms with Gasteiger partial charge < -0.3 is 4.90 Å². The first-order chi connectivity index (χ1) is 27.7. The first-order valence-corrected chi connectivity index (χ1v) is 22.0. The molecule has 1 nitrogen and oxygen atoms in total. The number of fused-ring (bicyclic) bond motifs is 11. The second-order valence-corrected chi connectivity index (χ2v) is 18.3. The minimum absolute atomic E-state index is 1.13. The van der Waals surface area contributed by atoms with E-state index in [4.69, 9.17) is 0 Å². The van der Waals surface area contributed by atoms with Crippen LogP contribution >= 0.6 is 34.0 Å². The molecule has 0 saturated carbocycles. The van der Waals surface area contributed by atoms with Crippen molar-refractivity contribution in [1.82, 2.24) is 0 Å². The van der Waals surface area contributed by atoms with Crippen molar-refractivity contribution >= 4 is 115 Å². The van der Waals surface area contributed by atoms with Gasteiger partial charge in [-0.1, -0.05) is 103 Å². The molecule has 0 fully saturated rings. The zero-order valence-corrected chi connectivity index (χ0v) is 33.0. The Labute approximate surface area is 337 Å². The van der Waals surface area contributed by atoms with Crippen LogP contribution in [0.2, 0.25) is 0 Å². The van der Waals surface area contributed by atoms with E-state index < -0.39 is 0 Å². The predicted molar refractivity (Wildman–Crippen MR) is 248 cm³/mol. The molecule has 56 heavy (non-hydrogen) atoms. The lowest BCUT2D eigenvalue weighted by Gasteiger charge is -2.26. The Morgan fingerprint density at radius 2 is 0.929 bits per heavy atom. The summed E-state index contributed by atoms with van der Waals surface area (Å²) in [5, 5.41) is 9.38. The summed E-state index contributed by atoms with van der Waals surface area (Å²) in [6.45, 7) is 0. The third kappa shape index (κ3) is 5.24. The molecule has 2 aliphatic rings. The standard InChI is InChI=1S/C52H35NS3/c1-4-10-47-37(7-1)31-50(54-47)34-15-13-32(14-16-34)33-17-21-38(22-18-33)53(39-23-27-41-35(29-39)19-25-45-43-8-2-5-11-48(43)55-51(41)45)40-24-28-42-36(30-40)20-26-46-44-9-3-6-12-49(44)56-52(42)46/h1,4-7,10-31H,2-3,8-9H2. The van der Waals surface area contributed by atoms with Gasteiger partial charge in [0.15, 0.2) is 0 Å². The number of nitrogens with zero attached hydrogens (tertiary/aromatic N) is 1. The summed E-state index contributed by atoms with van der Waals surface area (Å²) in [7, 11) is 0. The molecule has 0 aliphatic heterocycles. The van der Waals surface area contributed by atoms with Gasteiger partial charge in [-0.15, -0.1) is 34.0 Å². The topological polar surface area (TPSA) is 3.24 Å². The number of hydrogen-bond acceptors (Lipinski definition) is 4. The van der Waals surface area contributed by atoms with Crippen molar-refractivity contribution in [3.63, 3.8) is 0 Å². The first kappa shape index (κ1) is 32.5. The van der Waals surface area contributed by atoms with E-state index in [0.29, 0.717) is 0 Å². The molecule has 0 bridgehead atoms. The molecule has 0 amide bonds. The molecule has 4 heteroatoms. The van der Waals surface area contributed by atoms with Crippen LogP contribution in [0, 0.1) is 0 Å². The van der Waals surface area contributed by atoms with Gasteiger partial charge in [0.1, 0.15) is 0 Å². The highest BCUT2D eigenvalue weighted by atomic mass is 32.1. The third-order valence-corrected chi connectivity index (χ3v) is 15.5. The van der Waals surface area contributed by atoms with Crippen LogP contribution in [0.25, 0.3) is 85.5 Å². The van der Waals surface area contributed by atoms with E-state index in [-0.39, 0.29) is 0 Å². The number of rotatable bonds is 5. The maximum Gasteiger partial charge on any atom is 0.0468 e. The van der Waals surface area contributed by atoms with Crippen molar-refractivity contribution in [1.29, 1.82) is 0 Å². The lowest BCUT2D eigenvalue weighted by Crippen LogP contribution is -2.10. The normalized spacial score (nSPS) is 13.6. The van der Waals surface area contributed by atoms with E-state index in [1.807, 2.05) is 34.0 Å². The highest BCUT2D eigenvalue weighted by molar-refractivity contribution is 7.22. The number of thiophene rings is 3. The summed E-state index contributed by atoms with van der Waals surface area (Å²) in [5.74, 6) is 0. The predicted octanol–water partition coefficient (Wildman–Crippen LogP) is 16.4. The van der Waals surface area contributed by atoms with E-state index in [2.05, 4.69) is 169 Å². The number of hydrogen-bond donors (Lipinski definition) is 0. The monoisotopic (exact) mass is 769 g/mol. The molecule has 0 atom stereocenters. The molecule has 2 aliphatic carbocycles. The van der Waals surface area contributed by atoms with Crippen LogP contribution in [0.5, 0.6) is 0 Å². The van der Waals surface area contributed by atoms with E-state index in [1.54, 1.807) is 0 Å². The van der Waals surface area contributed by atoms with Gasteiger partial charge in [-0.25, -0.2) is 0 Å². The summed E-state index contributed by atoms with van der Waals surface area (Å²) in [5.41, 5.74) is 10.2. The summed E-state index contributed by atoms with van der Waals surface area (Å²) < 4.78 is 4.14. The summed E-state index contributed by atoms with van der Waals surface area (Å²) in [6.07, 6.45) is 13.8. The highest BCUT2D eigenvalue weighted by Gasteiger charge is 2.20. The number of anilines is 3. The number of benzene rings is 7. The van der Waals surface area contributed by atoms with Crippen molar-refractivity contribution in [3.05, 3.63) is 173 Å². The molecular formula is C52H35NS3. The molecule has 12 rings (SSSR count). The van der Waals surface area contributed by atoms with Crippen LogP contribution in [-0.2, 0) is 12.8 Å². The molecule has 7 aromatic carbocycles. The fourth-order valence-electron chi connectivity index (χ4n) is 8.98. The first-order valence-electron chi connectivity index (χ1n) is 19.5. The van der Waals surface area contributed by atoms with Crippen LogP contribution in [-0.4, -0.2) is 0 Å². The van der Waals surface area contributed by atoms with Gasteiger partial charge in [-0.3, -0.25) is 0 Å². The maximum absolute atomic E-state index is 2.44. The maximum atomic E-state index is 2.44. The summed E-state index contributed by atoms with van der Waals surface area (Å²) >= 11 is 5.75. The van der Waals surface area contributed by atoms with Gasteiger partial charge in [0, 0.05) is 45.8 Å². The van der Waals surface area contributed by atoms with E-state index in [9.17, 15) is 0 Å². The van der Waals surface area contributed by atoms with Gasteiger partial charge in [-0.05, 0) is 152 Å². The van der Waals surface area contributed by atoms with Crippen LogP contribution < -0.4 is 4.90 Å². The molecule has 0 radical (unpaired) electrons. The molecule has 3 heterocycles. The van der Waals surface area contributed by atoms with E-state index in [1.165, 1.54) is 94.3 Å². The lowest BCUT2D eigenvalue weighted by molar-refractivity contribution is 1.01. The Hall–Kier alpha value is -5.78. The molecule has 0 unspecified atom stereocenters. The highest BCUT2D eigenvalue weighted by Crippen LogP contribution is 2.45. The Kier molecular flexibility index (Phi) is 7.47. The number of aryl methyl sites for hydroxylation is 2. The zero-order valence-electron chi connectivity index (χ0n) is 30.6. The van der Waals surface area contributed by atoms with Gasteiger partial charge >= 0.3 is 0 Å². The second kappa shape index (κ2) is 12.9. The van der Waals surface area contributed by atoms with Gasteiger partial charge in [0.25, 0.3) is 0 Å². The van der Waals surface area contributed by atoms with Crippen molar-refractivity contribution in [2.45, 2.75) is 25.7 Å². The molecule has 10 aromatic rings. The van der Waals surface area contributed by atoms with Gasteiger partial charge in [0.05, 0.1) is 0 Å². The summed E-state index contributed by atoms with van der Waals surface area (Å²) in [4.78, 5) is 6.59. The minimum atomic E-state index is 1.13. The molecule has 266 valence electrons. The van der Waals surface area contributed by atoms with Crippen molar-refractivity contribution in [2.24, 2.45) is 0 Å². The number of allylic oxidation sites excluding steroid dienone is 2. The van der Waals surface area contributed by atoms with Gasteiger partial charge in [-0.2, -0.15) is 0 Å². The molecule has 3 aromatic heterocycles. The molecular weight excluding hydrogens is 735 g/mol. The Bertz CT molecular complexity index is 3070. The fourth-order valence-corrected chi connectivity index (χ4v) is 12.7. The Balaban J connectivity index is 0.952. The lowest BCUT2D eigenvalue weighted by atomic mass is 9.98. The average molecular weight is 770 g/mol. The quantitative estimate of drug-likeness (QED) is 0.169. The summed E-state index contributed by atoms with van der Waals surface area (Å²) in [6, 6.07) is 52.6. The Morgan fingerprint density at radius 1 is 0.411 bits per heavy atom. The SMILES string of the molecule is C1=Cc2sc3c(ccc4cc(N(c5ccc(-c6ccc(-c7cc8ccccc8s7)cc6)cc5)c5ccc6c(ccc7c8c(sc76)C=CCC8)c5)ccc43)c2CC1. The average Bonchev–Trinajstić information content (AvgIpc) is 3.98. The third-order valence-electron chi connectivity index (χ3n) is 11.8. The Morgan fingerprint density at radius 3 is 1.52 bits per heavy atom. The zero-order chi connectivity index (χ0) is 36.7. The second-order valence-electron chi connectivity index (χ2n) is 15.1. The van der Waals surface area contributed by atoms with Crippen LogP contribution in [0.3, 0.4) is 0 Å². The van der Waals surface area contributed by atoms with Crippen molar-refractivity contribution in [2.75, 3.05) is 4.90 Å². The smallest absolute Gasteiger partial charge is 0.0468 e. The van der Waals surface area contributed by atoms with Gasteiger partial charge in [0.2, 0.25) is 0 Å². The van der Waals surface area contributed by atoms with Crippen LogP contribution in [0.4, 0.5) is 17.1 Å². The van der Waals surface area contributed by atoms with Crippen LogP contribution in [0.15, 0.2) is 152 Å². The van der Waals surface area contributed by atoms with Crippen molar-refractivity contribution < 1.29 is 0 Å². The van der Waals surface area contributed by atoms with E-state index >= 15 is 0 Å². The largest absolute Gasteiger partial charge is 0.310 e. The molecule has 0 N–H and O–H groups in total.